The fourth-order valence-electron chi connectivity index (χ4n) is 1.43. The molecule has 0 saturated heterocycles. The summed E-state index contributed by atoms with van der Waals surface area (Å²) in [4.78, 5) is 4.12. The molecule has 4 heteroatoms. The van der Waals surface area contributed by atoms with Gasteiger partial charge in [-0.2, -0.15) is 0 Å². The summed E-state index contributed by atoms with van der Waals surface area (Å²) in [6, 6.07) is 9.28. The number of hydrogen-bond acceptors (Lipinski definition) is 3. The maximum atomic E-state index is 6.06. The van der Waals surface area contributed by atoms with Gasteiger partial charge in [0.1, 0.15) is 17.3 Å². The van der Waals surface area contributed by atoms with Crippen molar-refractivity contribution in [2.24, 2.45) is 0 Å². The molecule has 0 spiro atoms. The van der Waals surface area contributed by atoms with Gasteiger partial charge in [-0.3, -0.25) is 0 Å². The van der Waals surface area contributed by atoms with E-state index >= 15 is 0 Å². The third kappa shape index (κ3) is 2.88. The van der Waals surface area contributed by atoms with Crippen LogP contribution in [0, 0.1) is 6.92 Å². The number of hydrogen-bond donors (Lipinski definition) is 1. The number of nitrogens with one attached hydrogen (secondary N) is 1. The Hall–Kier alpha value is -1.74. The summed E-state index contributed by atoms with van der Waals surface area (Å²) < 4.78 is 5.72. The van der Waals surface area contributed by atoms with E-state index in [9.17, 15) is 0 Å². The number of benzene rings is 1. The minimum absolute atomic E-state index is 0.596. The molecule has 0 bridgehead atoms. The molecule has 0 unspecified atom stereocenters. The van der Waals surface area contributed by atoms with Gasteiger partial charge >= 0.3 is 0 Å². The first-order valence-corrected chi connectivity index (χ1v) is 5.64. The Morgan fingerprint density at radius 3 is 2.82 bits per heavy atom. The maximum absolute atomic E-state index is 6.06. The van der Waals surface area contributed by atoms with Crippen molar-refractivity contribution in [2.45, 2.75) is 6.92 Å². The van der Waals surface area contributed by atoms with Crippen LogP contribution in [0.5, 0.6) is 11.5 Å². The monoisotopic (exact) mass is 248 g/mol. The molecule has 0 aliphatic heterocycles. The van der Waals surface area contributed by atoms with Gasteiger partial charge in [0, 0.05) is 19.3 Å². The van der Waals surface area contributed by atoms with Gasteiger partial charge in [-0.1, -0.05) is 17.7 Å². The molecule has 2 aromatic rings. The standard InChI is InChI=1S/C13H13ClN2O/c1-9-3-4-11(14)12(7-9)17-10-5-6-16-13(8-10)15-2/h3-8H,1-2H3,(H,15,16). The number of aromatic nitrogens is 1. The van der Waals surface area contributed by atoms with E-state index in [2.05, 4.69) is 10.3 Å². The summed E-state index contributed by atoms with van der Waals surface area (Å²) in [5.74, 6) is 2.11. The van der Waals surface area contributed by atoms with Gasteiger partial charge in [-0.25, -0.2) is 4.98 Å². The number of halogens is 1. The van der Waals surface area contributed by atoms with Gasteiger partial charge < -0.3 is 10.1 Å². The first kappa shape index (κ1) is 11.7. The van der Waals surface area contributed by atoms with E-state index in [1.165, 1.54) is 0 Å². The van der Waals surface area contributed by atoms with Crippen molar-refractivity contribution >= 4 is 17.4 Å². The molecule has 2 rings (SSSR count). The molecule has 1 aromatic carbocycles. The number of nitrogens with zero attached hydrogens (tertiary/aromatic N) is 1. The molecule has 1 heterocycles. The van der Waals surface area contributed by atoms with E-state index in [0.29, 0.717) is 16.5 Å². The van der Waals surface area contributed by atoms with E-state index in [1.807, 2.05) is 38.2 Å². The SMILES string of the molecule is CNc1cc(Oc2cc(C)ccc2Cl)ccn1. The third-order valence-electron chi connectivity index (χ3n) is 2.30. The Kier molecular flexibility index (Phi) is 3.49. The minimum atomic E-state index is 0.596. The van der Waals surface area contributed by atoms with Crippen LogP contribution in [0.1, 0.15) is 5.56 Å². The lowest BCUT2D eigenvalue weighted by Gasteiger charge is -2.09. The van der Waals surface area contributed by atoms with Gasteiger partial charge in [-0.05, 0) is 30.7 Å². The first-order valence-electron chi connectivity index (χ1n) is 5.27. The average molecular weight is 249 g/mol. The molecular formula is C13H13ClN2O. The summed E-state index contributed by atoms with van der Waals surface area (Å²) in [7, 11) is 1.81. The molecular weight excluding hydrogens is 236 g/mol. The second kappa shape index (κ2) is 5.06. The number of pyridine rings is 1. The zero-order chi connectivity index (χ0) is 12.3. The molecule has 0 radical (unpaired) electrons. The summed E-state index contributed by atoms with van der Waals surface area (Å²) in [5, 5.41) is 3.55. The van der Waals surface area contributed by atoms with Gasteiger partial charge in [-0.15, -0.1) is 0 Å². The molecule has 88 valence electrons. The molecule has 0 fully saturated rings. The molecule has 1 aromatic heterocycles. The number of rotatable bonds is 3. The Morgan fingerprint density at radius 2 is 2.06 bits per heavy atom. The zero-order valence-corrected chi connectivity index (χ0v) is 10.5. The molecule has 0 amide bonds. The molecule has 3 nitrogen and oxygen atoms in total. The minimum Gasteiger partial charge on any atom is -0.456 e. The van der Waals surface area contributed by atoms with Crippen LogP contribution in [-0.4, -0.2) is 12.0 Å². The lowest BCUT2D eigenvalue weighted by Crippen LogP contribution is -1.93. The second-order valence-electron chi connectivity index (χ2n) is 3.66. The van der Waals surface area contributed by atoms with E-state index < -0.39 is 0 Å². The van der Waals surface area contributed by atoms with Crippen molar-refractivity contribution in [3.63, 3.8) is 0 Å². The van der Waals surface area contributed by atoms with Crippen LogP contribution < -0.4 is 10.1 Å². The van der Waals surface area contributed by atoms with Crippen LogP contribution in [0.2, 0.25) is 5.02 Å². The largest absolute Gasteiger partial charge is 0.456 e. The molecule has 0 atom stereocenters. The second-order valence-corrected chi connectivity index (χ2v) is 4.07. The number of anilines is 1. The van der Waals surface area contributed by atoms with Crippen LogP contribution in [0.15, 0.2) is 36.5 Å². The van der Waals surface area contributed by atoms with E-state index in [4.69, 9.17) is 16.3 Å². The lowest BCUT2D eigenvalue weighted by molar-refractivity contribution is 0.482. The highest BCUT2D eigenvalue weighted by atomic mass is 35.5. The van der Waals surface area contributed by atoms with E-state index in [1.54, 1.807) is 12.3 Å². The summed E-state index contributed by atoms with van der Waals surface area (Å²) in [6.07, 6.45) is 1.69. The van der Waals surface area contributed by atoms with Crippen molar-refractivity contribution in [2.75, 3.05) is 12.4 Å². The predicted molar refractivity (Wildman–Crippen MR) is 70.0 cm³/mol. The zero-order valence-electron chi connectivity index (χ0n) is 9.70. The van der Waals surface area contributed by atoms with Crippen LogP contribution in [-0.2, 0) is 0 Å². The summed E-state index contributed by atoms with van der Waals surface area (Å²) in [6.45, 7) is 1.99. The molecule has 0 aliphatic rings. The Balaban J connectivity index is 2.27. The summed E-state index contributed by atoms with van der Waals surface area (Å²) >= 11 is 6.06. The fraction of sp³-hybridized carbons (Fsp3) is 0.154. The van der Waals surface area contributed by atoms with Crippen molar-refractivity contribution in [3.8, 4) is 11.5 Å². The molecule has 17 heavy (non-hydrogen) atoms. The van der Waals surface area contributed by atoms with Gasteiger partial charge in [0.25, 0.3) is 0 Å². The smallest absolute Gasteiger partial charge is 0.146 e. The van der Waals surface area contributed by atoms with E-state index in [0.717, 1.165) is 11.4 Å². The Labute approximate surface area is 105 Å². The first-order chi connectivity index (χ1) is 8.19. The van der Waals surface area contributed by atoms with Crippen molar-refractivity contribution < 1.29 is 4.74 Å². The Morgan fingerprint density at radius 1 is 1.24 bits per heavy atom. The fourth-order valence-corrected chi connectivity index (χ4v) is 1.58. The van der Waals surface area contributed by atoms with Crippen molar-refractivity contribution in [1.82, 2.24) is 4.98 Å². The van der Waals surface area contributed by atoms with E-state index in [-0.39, 0.29) is 0 Å². The van der Waals surface area contributed by atoms with Crippen LogP contribution in [0.3, 0.4) is 0 Å². The average Bonchev–Trinajstić information content (AvgIpc) is 2.34. The van der Waals surface area contributed by atoms with Crippen LogP contribution in [0.25, 0.3) is 0 Å². The van der Waals surface area contributed by atoms with Crippen molar-refractivity contribution in [3.05, 3.63) is 47.1 Å². The van der Waals surface area contributed by atoms with Crippen LogP contribution in [0.4, 0.5) is 5.82 Å². The van der Waals surface area contributed by atoms with Gasteiger partial charge in [0.15, 0.2) is 0 Å². The van der Waals surface area contributed by atoms with Gasteiger partial charge in [0.2, 0.25) is 0 Å². The highest BCUT2D eigenvalue weighted by molar-refractivity contribution is 6.32. The molecule has 0 saturated carbocycles. The lowest BCUT2D eigenvalue weighted by atomic mass is 10.2. The molecule has 1 N–H and O–H groups in total. The number of aryl methyl sites for hydroxylation is 1. The van der Waals surface area contributed by atoms with Gasteiger partial charge in [0.05, 0.1) is 5.02 Å². The van der Waals surface area contributed by atoms with Crippen LogP contribution >= 0.6 is 11.6 Å². The Bertz CT molecular complexity index is 529. The maximum Gasteiger partial charge on any atom is 0.146 e. The third-order valence-corrected chi connectivity index (χ3v) is 2.61. The molecule has 0 aliphatic carbocycles. The highest BCUT2D eigenvalue weighted by Gasteiger charge is 2.04. The summed E-state index contributed by atoms with van der Waals surface area (Å²) in [5.41, 5.74) is 1.10. The normalized spacial score (nSPS) is 10.1. The topological polar surface area (TPSA) is 34.1 Å². The van der Waals surface area contributed by atoms with Crippen molar-refractivity contribution in [1.29, 1.82) is 0 Å². The number of ether oxygens (including phenoxy) is 1. The highest BCUT2D eigenvalue weighted by Crippen LogP contribution is 2.30. The quantitative estimate of drug-likeness (QED) is 0.895. The predicted octanol–water partition coefficient (Wildman–Crippen LogP) is 3.88.